The zero-order valence-corrected chi connectivity index (χ0v) is 13.5. The van der Waals surface area contributed by atoms with Crippen molar-refractivity contribution in [3.05, 3.63) is 45.6 Å². The van der Waals surface area contributed by atoms with E-state index in [4.69, 9.17) is 0 Å². The van der Waals surface area contributed by atoms with Crippen molar-refractivity contribution in [2.75, 3.05) is 13.1 Å². The average molecular weight is 330 g/mol. The highest BCUT2D eigenvalue weighted by Crippen LogP contribution is 2.14. The Labute approximate surface area is 137 Å². The van der Waals surface area contributed by atoms with Crippen molar-refractivity contribution in [1.82, 2.24) is 29.8 Å². The van der Waals surface area contributed by atoms with Crippen LogP contribution in [0.25, 0.3) is 0 Å². The molecule has 0 bridgehead atoms. The van der Waals surface area contributed by atoms with Crippen molar-refractivity contribution in [2.24, 2.45) is 7.05 Å². The van der Waals surface area contributed by atoms with Crippen molar-refractivity contribution >= 4 is 11.8 Å². The standard InChI is InChI=1S/C15H18N6O3/c1-3-20-7-8-21-12(15(20)24)11(17-18-21)9-16-13(22)10-5-4-6-19(2)14(10)23/h4-6H,3,7-9H2,1-2H3,(H,16,22). The minimum Gasteiger partial charge on any atom is -0.346 e. The molecule has 0 fully saturated rings. The number of aryl methyl sites for hydroxylation is 1. The lowest BCUT2D eigenvalue weighted by Crippen LogP contribution is -2.41. The molecule has 1 N–H and O–H groups in total. The monoisotopic (exact) mass is 330 g/mol. The van der Waals surface area contributed by atoms with Gasteiger partial charge in [-0.2, -0.15) is 0 Å². The van der Waals surface area contributed by atoms with Crippen LogP contribution in [-0.4, -0.2) is 49.4 Å². The van der Waals surface area contributed by atoms with Crippen LogP contribution in [0.3, 0.4) is 0 Å². The van der Waals surface area contributed by atoms with Crippen LogP contribution in [0.15, 0.2) is 23.1 Å². The maximum atomic E-state index is 12.4. The zero-order valence-electron chi connectivity index (χ0n) is 13.5. The number of likely N-dealkylation sites (N-methyl/N-ethyl adjacent to an activating group) is 1. The maximum Gasteiger partial charge on any atom is 0.274 e. The number of carbonyl (C=O) groups excluding carboxylic acids is 2. The quantitative estimate of drug-likeness (QED) is 0.805. The van der Waals surface area contributed by atoms with Gasteiger partial charge in [0.1, 0.15) is 11.3 Å². The fourth-order valence-electron chi connectivity index (χ4n) is 2.66. The fourth-order valence-corrected chi connectivity index (χ4v) is 2.66. The summed E-state index contributed by atoms with van der Waals surface area (Å²) in [5, 5.41) is 10.6. The third-order valence-corrected chi connectivity index (χ3v) is 4.04. The normalized spacial score (nSPS) is 13.8. The number of amides is 2. The molecule has 9 heteroatoms. The van der Waals surface area contributed by atoms with Gasteiger partial charge in [-0.25, -0.2) is 4.68 Å². The first kappa shape index (κ1) is 15.9. The molecule has 0 spiro atoms. The van der Waals surface area contributed by atoms with Gasteiger partial charge < -0.3 is 14.8 Å². The summed E-state index contributed by atoms with van der Waals surface area (Å²) in [7, 11) is 1.58. The van der Waals surface area contributed by atoms with Crippen molar-refractivity contribution in [3.63, 3.8) is 0 Å². The number of hydrogen-bond donors (Lipinski definition) is 1. The van der Waals surface area contributed by atoms with E-state index in [1.54, 1.807) is 28.9 Å². The molecule has 0 aromatic carbocycles. The SMILES string of the molecule is CCN1CCn2nnc(CNC(=O)c3cccn(C)c3=O)c2C1=O. The van der Waals surface area contributed by atoms with Gasteiger partial charge in [0.2, 0.25) is 0 Å². The van der Waals surface area contributed by atoms with Crippen LogP contribution in [0, 0.1) is 0 Å². The Kier molecular flexibility index (Phi) is 4.15. The second-order valence-corrected chi connectivity index (χ2v) is 5.51. The number of pyridine rings is 1. The van der Waals surface area contributed by atoms with Crippen LogP contribution in [0.4, 0.5) is 0 Å². The van der Waals surface area contributed by atoms with E-state index in [0.717, 1.165) is 0 Å². The minimum absolute atomic E-state index is 0.0372. The van der Waals surface area contributed by atoms with E-state index in [2.05, 4.69) is 15.6 Å². The number of carbonyl (C=O) groups is 2. The van der Waals surface area contributed by atoms with Crippen molar-refractivity contribution in [1.29, 1.82) is 0 Å². The van der Waals surface area contributed by atoms with Crippen LogP contribution in [0.1, 0.15) is 33.5 Å². The molecular formula is C15H18N6O3. The lowest BCUT2D eigenvalue weighted by Gasteiger charge is -2.26. The highest BCUT2D eigenvalue weighted by molar-refractivity contribution is 5.95. The summed E-state index contributed by atoms with van der Waals surface area (Å²) in [5.41, 5.74) is 0.458. The first-order chi connectivity index (χ1) is 11.5. The number of rotatable bonds is 4. The minimum atomic E-state index is -0.506. The van der Waals surface area contributed by atoms with Crippen LogP contribution in [0.2, 0.25) is 0 Å². The zero-order chi connectivity index (χ0) is 17.3. The summed E-state index contributed by atoms with van der Waals surface area (Å²) in [4.78, 5) is 38.3. The van der Waals surface area contributed by atoms with Gasteiger partial charge in [0, 0.05) is 26.3 Å². The number of nitrogens with one attached hydrogen (secondary N) is 1. The molecule has 126 valence electrons. The summed E-state index contributed by atoms with van der Waals surface area (Å²) in [6.07, 6.45) is 1.58. The van der Waals surface area contributed by atoms with Crippen LogP contribution >= 0.6 is 0 Å². The Hall–Kier alpha value is -2.97. The molecule has 24 heavy (non-hydrogen) atoms. The van der Waals surface area contributed by atoms with Gasteiger partial charge in [0.25, 0.3) is 17.4 Å². The molecule has 1 aliphatic heterocycles. The van der Waals surface area contributed by atoms with Gasteiger partial charge in [0.05, 0.1) is 13.1 Å². The van der Waals surface area contributed by atoms with E-state index in [-0.39, 0.29) is 23.6 Å². The van der Waals surface area contributed by atoms with Gasteiger partial charge in [-0.1, -0.05) is 5.21 Å². The third kappa shape index (κ3) is 2.68. The van der Waals surface area contributed by atoms with Gasteiger partial charge in [-0.3, -0.25) is 14.4 Å². The largest absolute Gasteiger partial charge is 0.346 e. The van der Waals surface area contributed by atoms with Crippen LogP contribution in [0.5, 0.6) is 0 Å². The second-order valence-electron chi connectivity index (χ2n) is 5.51. The topological polar surface area (TPSA) is 102 Å². The fraction of sp³-hybridized carbons (Fsp3) is 0.400. The van der Waals surface area contributed by atoms with Crippen LogP contribution in [-0.2, 0) is 20.1 Å². The summed E-state index contributed by atoms with van der Waals surface area (Å²) in [5.74, 6) is -0.651. The van der Waals surface area contributed by atoms with Crippen molar-refractivity contribution in [3.8, 4) is 0 Å². The summed E-state index contributed by atoms with van der Waals surface area (Å²) in [6, 6.07) is 3.08. The molecule has 2 aromatic heterocycles. The van der Waals surface area contributed by atoms with E-state index in [1.165, 1.54) is 10.6 Å². The predicted molar refractivity (Wildman–Crippen MR) is 84.5 cm³/mol. The number of nitrogens with zero attached hydrogens (tertiary/aromatic N) is 5. The Balaban J connectivity index is 1.78. The first-order valence-electron chi connectivity index (χ1n) is 7.68. The molecule has 0 aliphatic carbocycles. The number of aromatic nitrogens is 4. The molecular weight excluding hydrogens is 312 g/mol. The Morgan fingerprint density at radius 1 is 1.33 bits per heavy atom. The average Bonchev–Trinajstić information content (AvgIpc) is 2.99. The highest BCUT2D eigenvalue weighted by Gasteiger charge is 2.28. The molecule has 0 saturated heterocycles. The maximum absolute atomic E-state index is 12.4. The molecule has 3 heterocycles. The van der Waals surface area contributed by atoms with E-state index < -0.39 is 5.91 Å². The lowest BCUT2D eigenvalue weighted by atomic mass is 10.2. The van der Waals surface area contributed by atoms with Crippen LogP contribution < -0.4 is 10.9 Å². The molecule has 2 amide bonds. The Bertz CT molecular complexity index is 853. The Morgan fingerprint density at radius 2 is 2.12 bits per heavy atom. The van der Waals surface area contributed by atoms with Crippen molar-refractivity contribution in [2.45, 2.75) is 20.0 Å². The first-order valence-corrected chi connectivity index (χ1v) is 7.68. The number of hydrogen-bond acceptors (Lipinski definition) is 5. The van der Waals surface area contributed by atoms with E-state index in [1.807, 2.05) is 6.92 Å². The molecule has 3 rings (SSSR count). The van der Waals surface area contributed by atoms with Gasteiger partial charge in [-0.05, 0) is 19.1 Å². The smallest absolute Gasteiger partial charge is 0.274 e. The van der Waals surface area contributed by atoms with E-state index in [9.17, 15) is 14.4 Å². The summed E-state index contributed by atoms with van der Waals surface area (Å²) < 4.78 is 2.88. The highest BCUT2D eigenvalue weighted by atomic mass is 16.2. The van der Waals surface area contributed by atoms with E-state index >= 15 is 0 Å². The molecule has 0 unspecified atom stereocenters. The third-order valence-electron chi connectivity index (χ3n) is 4.04. The number of fused-ring (bicyclic) bond motifs is 1. The Morgan fingerprint density at radius 3 is 2.88 bits per heavy atom. The van der Waals surface area contributed by atoms with Gasteiger partial charge >= 0.3 is 0 Å². The van der Waals surface area contributed by atoms with Gasteiger partial charge in [0.15, 0.2) is 5.69 Å². The summed E-state index contributed by atoms with van der Waals surface area (Å²) in [6.45, 7) is 3.72. The molecule has 1 aliphatic rings. The molecule has 0 saturated carbocycles. The summed E-state index contributed by atoms with van der Waals surface area (Å²) >= 11 is 0. The molecule has 2 aromatic rings. The molecule has 9 nitrogen and oxygen atoms in total. The van der Waals surface area contributed by atoms with Crippen molar-refractivity contribution < 1.29 is 9.59 Å². The second kappa shape index (κ2) is 6.26. The molecule has 0 atom stereocenters. The van der Waals surface area contributed by atoms with Gasteiger partial charge in [-0.15, -0.1) is 5.10 Å². The van der Waals surface area contributed by atoms with E-state index in [0.29, 0.717) is 31.0 Å². The predicted octanol–water partition coefficient (Wildman–Crippen LogP) is -0.617. The molecule has 0 radical (unpaired) electrons. The lowest BCUT2D eigenvalue weighted by molar-refractivity contribution is 0.0705.